The molecule has 1 aromatic carbocycles. The molecule has 0 radical (unpaired) electrons. The molecule has 2 N–H and O–H groups in total. The van der Waals surface area contributed by atoms with E-state index in [1.54, 1.807) is 31.4 Å². The zero-order chi connectivity index (χ0) is 17.4. The van der Waals surface area contributed by atoms with Crippen LogP contribution < -0.4 is 15.4 Å². The number of thioether (sulfide) groups is 1. The normalized spacial score (nSPS) is 10.2. The summed E-state index contributed by atoms with van der Waals surface area (Å²) in [6, 6.07) is 7.05. The van der Waals surface area contributed by atoms with Gasteiger partial charge in [0.1, 0.15) is 10.8 Å². The fraction of sp³-hybridized carbons (Fsp3) is 0.333. The van der Waals surface area contributed by atoms with Gasteiger partial charge >= 0.3 is 0 Å². The molecule has 2 amide bonds. The van der Waals surface area contributed by atoms with Gasteiger partial charge in [-0.2, -0.15) is 0 Å². The summed E-state index contributed by atoms with van der Waals surface area (Å²) in [6.45, 7) is 1.98. The Morgan fingerprint density at radius 2 is 1.79 bits per heavy atom. The molecule has 0 aliphatic heterocycles. The Hall–Kier alpha value is -2.13. The SMILES string of the molecule is CCc1nnc(NC(=O)CSCC(=O)Nc2ccc(OC)cc2)s1. The maximum Gasteiger partial charge on any atom is 0.236 e. The second-order valence-corrected chi connectivity index (χ2v) is 6.72. The number of aryl methyl sites for hydroxylation is 1. The molecular formula is C15H18N4O3S2. The van der Waals surface area contributed by atoms with E-state index in [-0.39, 0.29) is 23.3 Å². The summed E-state index contributed by atoms with van der Waals surface area (Å²) in [5, 5.41) is 14.6. The van der Waals surface area contributed by atoms with Gasteiger partial charge in [0.15, 0.2) is 0 Å². The molecule has 1 aromatic heterocycles. The van der Waals surface area contributed by atoms with Crippen molar-refractivity contribution in [2.24, 2.45) is 0 Å². The van der Waals surface area contributed by atoms with Gasteiger partial charge in [0, 0.05) is 5.69 Å². The number of aromatic nitrogens is 2. The van der Waals surface area contributed by atoms with E-state index in [1.165, 1.54) is 23.1 Å². The van der Waals surface area contributed by atoms with Crippen molar-refractivity contribution in [1.29, 1.82) is 0 Å². The Morgan fingerprint density at radius 3 is 2.38 bits per heavy atom. The summed E-state index contributed by atoms with van der Waals surface area (Å²) in [5.74, 6) is 0.729. The first-order chi connectivity index (χ1) is 11.6. The number of nitrogens with one attached hydrogen (secondary N) is 2. The van der Waals surface area contributed by atoms with Crippen LogP contribution in [0.15, 0.2) is 24.3 Å². The number of methoxy groups -OCH3 is 1. The fourth-order valence-electron chi connectivity index (χ4n) is 1.71. The third-order valence-corrected chi connectivity index (χ3v) is 4.77. The van der Waals surface area contributed by atoms with Gasteiger partial charge in [-0.25, -0.2) is 0 Å². The molecule has 24 heavy (non-hydrogen) atoms. The van der Waals surface area contributed by atoms with Gasteiger partial charge in [0.2, 0.25) is 16.9 Å². The minimum Gasteiger partial charge on any atom is -0.497 e. The third kappa shape index (κ3) is 5.82. The van der Waals surface area contributed by atoms with E-state index >= 15 is 0 Å². The summed E-state index contributed by atoms with van der Waals surface area (Å²) in [4.78, 5) is 23.6. The lowest BCUT2D eigenvalue weighted by atomic mass is 10.3. The Labute approximate surface area is 148 Å². The second-order valence-electron chi connectivity index (χ2n) is 4.67. The highest BCUT2D eigenvalue weighted by molar-refractivity contribution is 8.00. The van der Waals surface area contributed by atoms with Crippen LogP contribution in [0.2, 0.25) is 0 Å². The Balaban J connectivity index is 1.68. The molecule has 2 aromatic rings. The van der Waals surface area contributed by atoms with Crippen molar-refractivity contribution in [1.82, 2.24) is 10.2 Å². The minimum atomic E-state index is -0.198. The van der Waals surface area contributed by atoms with E-state index in [2.05, 4.69) is 20.8 Å². The molecule has 7 nitrogen and oxygen atoms in total. The smallest absolute Gasteiger partial charge is 0.236 e. The zero-order valence-electron chi connectivity index (χ0n) is 13.4. The third-order valence-electron chi connectivity index (χ3n) is 2.86. The summed E-state index contributed by atoms with van der Waals surface area (Å²) in [7, 11) is 1.58. The van der Waals surface area contributed by atoms with Crippen LogP contribution in [0.5, 0.6) is 5.75 Å². The van der Waals surface area contributed by atoms with E-state index in [1.807, 2.05) is 6.92 Å². The highest BCUT2D eigenvalue weighted by atomic mass is 32.2. The maximum atomic E-state index is 11.8. The van der Waals surface area contributed by atoms with Crippen LogP contribution >= 0.6 is 23.1 Å². The number of amides is 2. The molecule has 0 atom stereocenters. The number of carbonyl (C=O) groups is 2. The number of rotatable bonds is 8. The molecule has 0 bridgehead atoms. The number of hydrogen-bond acceptors (Lipinski definition) is 7. The molecule has 128 valence electrons. The largest absolute Gasteiger partial charge is 0.497 e. The van der Waals surface area contributed by atoms with Gasteiger partial charge in [0.05, 0.1) is 18.6 Å². The first kappa shape index (κ1) is 18.2. The van der Waals surface area contributed by atoms with Crippen LogP contribution in [-0.4, -0.2) is 40.6 Å². The van der Waals surface area contributed by atoms with Crippen LogP contribution in [0.1, 0.15) is 11.9 Å². The van der Waals surface area contributed by atoms with E-state index in [0.29, 0.717) is 10.8 Å². The average Bonchev–Trinajstić information content (AvgIpc) is 3.03. The topological polar surface area (TPSA) is 93.2 Å². The van der Waals surface area contributed by atoms with Crippen molar-refractivity contribution in [3.63, 3.8) is 0 Å². The number of nitrogens with zero attached hydrogens (tertiary/aromatic N) is 2. The maximum absolute atomic E-state index is 11.8. The highest BCUT2D eigenvalue weighted by Crippen LogP contribution is 2.17. The first-order valence-electron chi connectivity index (χ1n) is 7.24. The van der Waals surface area contributed by atoms with Crippen LogP contribution in [-0.2, 0) is 16.0 Å². The standard InChI is InChI=1S/C15H18N4O3S2/c1-3-14-18-19-15(24-14)17-13(21)9-23-8-12(20)16-10-4-6-11(22-2)7-5-10/h4-7H,3,8-9H2,1-2H3,(H,16,20)(H,17,19,21). The molecular weight excluding hydrogens is 348 g/mol. The summed E-state index contributed by atoms with van der Waals surface area (Å²) in [6.07, 6.45) is 0.786. The lowest BCUT2D eigenvalue weighted by Crippen LogP contribution is -2.18. The van der Waals surface area contributed by atoms with Gasteiger partial charge in [-0.15, -0.1) is 22.0 Å². The van der Waals surface area contributed by atoms with Gasteiger partial charge in [-0.1, -0.05) is 18.3 Å². The van der Waals surface area contributed by atoms with Crippen LogP contribution in [0.4, 0.5) is 10.8 Å². The number of benzene rings is 1. The first-order valence-corrected chi connectivity index (χ1v) is 9.21. The van der Waals surface area contributed by atoms with E-state index in [4.69, 9.17) is 4.74 Å². The van der Waals surface area contributed by atoms with Crippen LogP contribution in [0.3, 0.4) is 0 Å². The predicted molar refractivity (Wildman–Crippen MR) is 96.9 cm³/mol. The van der Waals surface area contributed by atoms with Crippen molar-refractivity contribution in [2.45, 2.75) is 13.3 Å². The molecule has 0 aliphatic rings. The lowest BCUT2D eigenvalue weighted by Gasteiger charge is -2.06. The van der Waals surface area contributed by atoms with Gasteiger partial charge in [-0.3, -0.25) is 14.9 Å². The number of hydrogen-bond donors (Lipinski definition) is 2. The number of anilines is 2. The average molecular weight is 366 g/mol. The van der Waals surface area contributed by atoms with Crippen LogP contribution in [0.25, 0.3) is 0 Å². The van der Waals surface area contributed by atoms with Crippen LogP contribution in [0, 0.1) is 0 Å². The van der Waals surface area contributed by atoms with Crippen molar-refractivity contribution in [2.75, 3.05) is 29.2 Å². The Bertz CT molecular complexity index is 688. The van der Waals surface area contributed by atoms with Crippen molar-refractivity contribution in [3.8, 4) is 5.75 Å². The van der Waals surface area contributed by atoms with Gasteiger partial charge < -0.3 is 10.1 Å². The molecule has 1 heterocycles. The van der Waals surface area contributed by atoms with E-state index in [9.17, 15) is 9.59 Å². The summed E-state index contributed by atoms with van der Waals surface area (Å²) in [5.41, 5.74) is 0.687. The molecule has 0 aliphatic carbocycles. The second kappa shape index (κ2) is 9.24. The van der Waals surface area contributed by atoms with E-state index < -0.39 is 0 Å². The van der Waals surface area contributed by atoms with Crippen molar-refractivity contribution < 1.29 is 14.3 Å². The molecule has 0 saturated heterocycles. The Morgan fingerprint density at radius 1 is 1.12 bits per heavy atom. The monoisotopic (exact) mass is 366 g/mol. The number of ether oxygens (including phenoxy) is 1. The van der Waals surface area contributed by atoms with Crippen molar-refractivity contribution in [3.05, 3.63) is 29.3 Å². The number of carbonyl (C=O) groups excluding carboxylic acids is 2. The quantitative estimate of drug-likeness (QED) is 0.745. The molecule has 2 rings (SSSR count). The molecule has 0 saturated carbocycles. The van der Waals surface area contributed by atoms with E-state index in [0.717, 1.165) is 17.2 Å². The fourth-order valence-corrected chi connectivity index (χ4v) is 3.02. The predicted octanol–water partition coefficient (Wildman–Crippen LogP) is 2.42. The molecule has 0 unspecified atom stereocenters. The zero-order valence-corrected chi connectivity index (χ0v) is 15.0. The molecule has 0 spiro atoms. The lowest BCUT2D eigenvalue weighted by molar-refractivity contribution is -0.114. The summed E-state index contributed by atoms with van der Waals surface area (Å²) < 4.78 is 5.05. The molecule has 9 heteroatoms. The minimum absolute atomic E-state index is 0.165. The van der Waals surface area contributed by atoms with Gasteiger partial charge in [0.25, 0.3) is 0 Å². The molecule has 0 fully saturated rings. The summed E-state index contributed by atoms with van der Waals surface area (Å²) >= 11 is 2.59. The highest BCUT2D eigenvalue weighted by Gasteiger charge is 2.09. The Kier molecular flexibility index (Phi) is 7.01. The van der Waals surface area contributed by atoms with Gasteiger partial charge in [-0.05, 0) is 30.7 Å². The van der Waals surface area contributed by atoms with Crippen molar-refractivity contribution >= 4 is 45.7 Å².